The lowest BCUT2D eigenvalue weighted by Gasteiger charge is -2.10. The lowest BCUT2D eigenvalue weighted by Crippen LogP contribution is -2.22. The molecule has 0 bridgehead atoms. The molecule has 2 aromatic carbocycles. The van der Waals surface area contributed by atoms with Crippen molar-refractivity contribution in [2.45, 2.75) is 25.8 Å². The molecule has 0 atom stereocenters. The summed E-state index contributed by atoms with van der Waals surface area (Å²) in [7, 11) is 0. The van der Waals surface area contributed by atoms with Gasteiger partial charge in [-0.05, 0) is 50.1 Å². The Morgan fingerprint density at radius 1 is 1.07 bits per heavy atom. The van der Waals surface area contributed by atoms with Gasteiger partial charge in [-0.15, -0.1) is 0 Å². The first kappa shape index (κ1) is 18.9. The van der Waals surface area contributed by atoms with E-state index < -0.39 is 0 Å². The molecule has 0 spiro atoms. The molecule has 0 aliphatic rings. The summed E-state index contributed by atoms with van der Waals surface area (Å²) >= 11 is 1.14. The third kappa shape index (κ3) is 4.65. The van der Waals surface area contributed by atoms with Gasteiger partial charge in [0, 0.05) is 23.8 Å². The summed E-state index contributed by atoms with van der Waals surface area (Å²) in [6.45, 7) is 5.92. The van der Waals surface area contributed by atoms with Crippen LogP contribution in [0.2, 0.25) is 0 Å². The number of nitrogens with zero attached hydrogens (tertiary/aromatic N) is 2. The molecule has 5 nitrogen and oxygen atoms in total. The molecule has 0 unspecified atom stereocenters. The predicted molar refractivity (Wildman–Crippen MR) is 110 cm³/mol. The number of nitrogens with one attached hydrogen (secondary N) is 1. The first-order chi connectivity index (χ1) is 12.9. The van der Waals surface area contributed by atoms with Crippen molar-refractivity contribution in [1.29, 1.82) is 0 Å². The average Bonchev–Trinajstić information content (AvgIpc) is 2.65. The van der Waals surface area contributed by atoms with Gasteiger partial charge in [0.15, 0.2) is 5.03 Å². The number of carbonyl (C=O) groups is 1. The maximum absolute atomic E-state index is 12.7. The molecule has 0 saturated heterocycles. The molecule has 1 heterocycles. The third-order valence-corrected chi connectivity index (χ3v) is 5.09. The minimum atomic E-state index is -0.231. The van der Waals surface area contributed by atoms with Crippen LogP contribution in [0.5, 0.6) is 0 Å². The van der Waals surface area contributed by atoms with Gasteiger partial charge >= 0.3 is 0 Å². The van der Waals surface area contributed by atoms with Crippen LogP contribution >= 0.6 is 11.8 Å². The summed E-state index contributed by atoms with van der Waals surface area (Å²) in [6.07, 6.45) is 3.21. The molecule has 3 aromatic rings. The summed E-state index contributed by atoms with van der Waals surface area (Å²) < 4.78 is 1.54. The van der Waals surface area contributed by atoms with Crippen molar-refractivity contribution in [2.75, 3.05) is 11.1 Å². The zero-order valence-electron chi connectivity index (χ0n) is 15.5. The van der Waals surface area contributed by atoms with E-state index in [4.69, 9.17) is 0 Å². The molecule has 0 fully saturated rings. The summed E-state index contributed by atoms with van der Waals surface area (Å²) in [4.78, 5) is 29.1. The first-order valence-corrected chi connectivity index (χ1v) is 9.57. The molecule has 1 amide bonds. The van der Waals surface area contributed by atoms with E-state index in [0.29, 0.717) is 5.03 Å². The molecular weight excluding hydrogens is 358 g/mol. The van der Waals surface area contributed by atoms with Crippen LogP contribution in [0.25, 0.3) is 5.69 Å². The van der Waals surface area contributed by atoms with Gasteiger partial charge in [0.1, 0.15) is 0 Å². The van der Waals surface area contributed by atoms with Crippen LogP contribution < -0.4 is 10.9 Å². The standard InChI is InChI=1S/C21H21N3O2S/c1-14-5-8-17(9-6-14)24-11-10-22-20(21(24)26)27-13-19(25)23-18-12-15(2)4-7-16(18)3/h4-12H,13H2,1-3H3,(H,23,25). The molecule has 6 heteroatoms. The van der Waals surface area contributed by atoms with E-state index in [1.807, 2.05) is 63.2 Å². The number of hydrogen-bond donors (Lipinski definition) is 1. The van der Waals surface area contributed by atoms with Gasteiger partial charge in [0.05, 0.1) is 5.75 Å². The smallest absolute Gasteiger partial charge is 0.287 e. The SMILES string of the molecule is Cc1ccc(-n2ccnc(SCC(=O)Nc3cc(C)ccc3C)c2=O)cc1. The Labute approximate surface area is 162 Å². The fraction of sp³-hybridized carbons (Fsp3) is 0.190. The fourth-order valence-electron chi connectivity index (χ4n) is 2.59. The second-order valence-corrected chi connectivity index (χ2v) is 7.36. The molecule has 0 saturated carbocycles. The number of anilines is 1. The zero-order valence-corrected chi connectivity index (χ0v) is 16.3. The van der Waals surface area contributed by atoms with E-state index in [1.165, 1.54) is 4.57 Å². The second kappa shape index (κ2) is 8.22. The normalized spacial score (nSPS) is 10.6. The summed E-state index contributed by atoms with van der Waals surface area (Å²) in [6, 6.07) is 13.6. The van der Waals surface area contributed by atoms with Crippen LogP contribution in [0.4, 0.5) is 5.69 Å². The molecule has 138 valence electrons. The maximum Gasteiger partial charge on any atom is 0.287 e. The molecule has 0 aliphatic carbocycles. The Bertz CT molecular complexity index is 1030. The molecule has 27 heavy (non-hydrogen) atoms. The lowest BCUT2D eigenvalue weighted by molar-refractivity contribution is -0.113. The largest absolute Gasteiger partial charge is 0.325 e. The number of hydrogen-bond acceptors (Lipinski definition) is 4. The number of amides is 1. The molecule has 0 radical (unpaired) electrons. The highest BCUT2D eigenvalue weighted by Gasteiger charge is 2.11. The highest BCUT2D eigenvalue weighted by molar-refractivity contribution is 7.99. The number of aryl methyl sites for hydroxylation is 3. The van der Waals surface area contributed by atoms with E-state index >= 15 is 0 Å². The average molecular weight is 379 g/mol. The summed E-state index contributed by atoms with van der Waals surface area (Å²) in [5.74, 6) is -0.0475. The van der Waals surface area contributed by atoms with E-state index in [-0.39, 0.29) is 17.2 Å². The lowest BCUT2D eigenvalue weighted by atomic mass is 10.1. The second-order valence-electron chi connectivity index (χ2n) is 6.40. The maximum atomic E-state index is 12.7. The van der Waals surface area contributed by atoms with Crippen LogP contribution in [0.15, 0.2) is 64.7 Å². The van der Waals surface area contributed by atoms with Crippen molar-refractivity contribution >= 4 is 23.4 Å². The van der Waals surface area contributed by atoms with Crippen LogP contribution in [-0.4, -0.2) is 21.2 Å². The minimum Gasteiger partial charge on any atom is -0.325 e. The highest BCUT2D eigenvalue weighted by Crippen LogP contribution is 2.18. The van der Waals surface area contributed by atoms with Crippen molar-refractivity contribution in [2.24, 2.45) is 0 Å². The van der Waals surface area contributed by atoms with Crippen molar-refractivity contribution in [3.05, 3.63) is 81.9 Å². The molecular formula is C21H21N3O2S. The Balaban J connectivity index is 1.72. The van der Waals surface area contributed by atoms with Gasteiger partial charge in [0.25, 0.3) is 5.56 Å². The number of thioether (sulfide) groups is 1. The van der Waals surface area contributed by atoms with Gasteiger partial charge in [-0.1, -0.05) is 41.6 Å². The van der Waals surface area contributed by atoms with E-state index in [0.717, 1.165) is 39.8 Å². The Kier molecular flexibility index (Phi) is 5.76. The van der Waals surface area contributed by atoms with Crippen molar-refractivity contribution < 1.29 is 4.79 Å². The van der Waals surface area contributed by atoms with Crippen molar-refractivity contribution in [3.8, 4) is 5.69 Å². The topological polar surface area (TPSA) is 64.0 Å². The Morgan fingerprint density at radius 3 is 2.52 bits per heavy atom. The number of aromatic nitrogens is 2. The van der Waals surface area contributed by atoms with Gasteiger partial charge in [-0.3, -0.25) is 14.2 Å². The minimum absolute atomic E-state index is 0.119. The Morgan fingerprint density at radius 2 is 1.78 bits per heavy atom. The van der Waals surface area contributed by atoms with E-state index in [1.54, 1.807) is 12.4 Å². The summed E-state index contributed by atoms with van der Waals surface area (Å²) in [5, 5.41) is 3.20. The molecule has 1 aromatic heterocycles. The summed E-state index contributed by atoms with van der Waals surface area (Å²) in [5.41, 5.74) is 4.53. The van der Waals surface area contributed by atoms with Crippen LogP contribution in [-0.2, 0) is 4.79 Å². The zero-order chi connectivity index (χ0) is 19.4. The number of rotatable bonds is 5. The number of benzene rings is 2. The van der Waals surface area contributed by atoms with Gasteiger partial charge in [0.2, 0.25) is 5.91 Å². The van der Waals surface area contributed by atoms with Crippen LogP contribution in [0.1, 0.15) is 16.7 Å². The quantitative estimate of drug-likeness (QED) is 0.683. The van der Waals surface area contributed by atoms with Crippen molar-refractivity contribution in [1.82, 2.24) is 9.55 Å². The first-order valence-electron chi connectivity index (χ1n) is 8.58. The van der Waals surface area contributed by atoms with Gasteiger partial charge < -0.3 is 5.32 Å². The number of carbonyl (C=O) groups excluding carboxylic acids is 1. The fourth-order valence-corrected chi connectivity index (χ4v) is 3.29. The van der Waals surface area contributed by atoms with Crippen LogP contribution in [0.3, 0.4) is 0 Å². The third-order valence-electron chi connectivity index (χ3n) is 4.13. The monoisotopic (exact) mass is 379 g/mol. The van der Waals surface area contributed by atoms with Gasteiger partial charge in [-0.25, -0.2) is 4.98 Å². The highest BCUT2D eigenvalue weighted by atomic mass is 32.2. The van der Waals surface area contributed by atoms with Crippen molar-refractivity contribution in [3.63, 3.8) is 0 Å². The molecule has 3 rings (SSSR count). The van der Waals surface area contributed by atoms with Gasteiger partial charge in [-0.2, -0.15) is 0 Å². The molecule has 1 N–H and O–H groups in total. The van der Waals surface area contributed by atoms with E-state index in [2.05, 4.69) is 10.3 Å². The Hall–Kier alpha value is -2.86. The van der Waals surface area contributed by atoms with E-state index in [9.17, 15) is 9.59 Å². The predicted octanol–water partition coefficient (Wildman–Crippen LogP) is 3.89. The molecule has 0 aliphatic heterocycles. The van der Waals surface area contributed by atoms with Crippen LogP contribution in [0, 0.1) is 20.8 Å².